The van der Waals surface area contributed by atoms with Crippen LogP contribution in [0.25, 0.3) is 11.0 Å². The van der Waals surface area contributed by atoms with Crippen LogP contribution in [0.15, 0.2) is 50.1 Å². The number of hydrogen-bond donors (Lipinski definition) is 0. The summed E-state index contributed by atoms with van der Waals surface area (Å²) in [5, 5.41) is 8.97. The zero-order valence-corrected chi connectivity index (χ0v) is 16.3. The van der Waals surface area contributed by atoms with Gasteiger partial charge >= 0.3 is 5.63 Å². The van der Waals surface area contributed by atoms with Crippen LogP contribution < -0.4 is 10.5 Å². The molecule has 3 heterocycles. The molecule has 27 heavy (non-hydrogen) atoms. The molecule has 1 aliphatic rings. The Morgan fingerprint density at radius 2 is 1.85 bits per heavy atom. The predicted molar refractivity (Wildman–Crippen MR) is 105 cm³/mol. The number of amides is 1. The maximum Gasteiger partial charge on any atom is 0.349 e. The monoisotopic (exact) mass is 428 g/mol. The predicted octanol–water partition coefficient (Wildman–Crippen LogP) is 2.62. The fourth-order valence-corrected chi connectivity index (χ4v) is 3.49. The molecule has 0 saturated carbocycles. The van der Waals surface area contributed by atoms with Crippen molar-refractivity contribution in [3.63, 3.8) is 0 Å². The van der Waals surface area contributed by atoms with Gasteiger partial charge in [-0.1, -0.05) is 15.9 Å². The molecule has 138 valence electrons. The SMILES string of the molecule is Cc1ccc(N2CCN(C(=O)c3cc4cc(Br)ccc4oc3=O)CC2)nn1. The number of fused-ring (bicyclic) bond motifs is 1. The third-order valence-electron chi connectivity index (χ3n) is 4.60. The Morgan fingerprint density at radius 3 is 2.56 bits per heavy atom. The number of halogens is 1. The normalized spacial score (nSPS) is 14.6. The number of carbonyl (C=O) groups is 1. The molecule has 1 saturated heterocycles. The van der Waals surface area contributed by atoms with Crippen LogP contribution in [0.1, 0.15) is 16.1 Å². The lowest BCUT2D eigenvalue weighted by molar-refractivity contribution is 0.0742. The number of aryl methyl sites for hydroxylation is 1. The van der Waals surface area contributed by atoms with Gasteiger partial charge in [-0.3, -0.25) is 4.79 Å². The van der Waals surface area contributed by atoms with Gasteiger partial charge in [0.1, 0.15) is 11.1 Å². The Labute approximate surface area is 163 Å². The molecule has 0 atom stereocenters. The number of piperazine rings is 1. The van der Waals surface area contributed by atoms with Gasteiger partial charge < -0.3 is 14.2 Å². The van der Waals surface area contributed by atoms with Crippen molar-refractivity contribution in [1.29, 1.82) is 0 Å². The number of hydrogen-bond acceptors (Lipinski definition) is 6. The average molecular weight is 429 g/mol. The van der Waals surface area contributed by atoms with E-state index in [1.807, 2.05) is 25.1 Å². The third kappa shape index (κ3) is 3.57. The maximum atomic E-state index is 12.8. The molecule has 0 bridgehead atoms. The summed E-state index contributed by atoms with van der Waals surface area (Å²) >= 11 is 3.39. The van der Waals surface area contributed by atoms with Gasteiger partial charge in [-0.05, 0) is 43.3 Å². The average Bonchev–Trinajstić information content (AvgIpc) is 2.68. The van der Waals surface area contributed by atoms with Crippen molar-refractivity contribution in [3.8, 4) is 0 Å². The molecule has 3 aromatic rings. The van der Waals surface area contributed by atoms with Crippen molar-refractivity contribution in [1.82, 2.24) is 15.1 Å². The summed E-state index contributed by atoms with van der Waals surface area (Å²) in [5.74, 6) is 0.489. The molecule has 8 heteroatoms. The van der Waals surface area contributed by atoms with Crippen LogP contribution in [-0.4, -0.2) is 47.2 Å². The summed E-state index contributed by atoms with van der Waals surface area (Å²) in [6.07, 6.45) is 0. The highest BCUT2D eigenvalue weighted by Crippen LogP contribution is 2.20. The van der Waals surface area contributed by atoms with Crippen molar-refractivity contribution in [3.05, 3.63) is 62.5 Å². The molecule has 7 nitrogen and oxygen atoms in total. The van der Waals surface area contributed by atoms with Crippen LogP contribution >= 0.6 is 15.9 Å². The van der Waals surface area contributed by atoms with Gasteiger partial charge in [-0.25, -0.2) is 4.79 Å². The molecule has 1 amide bonds. The molecule has 0 unspecified atom stereocenters. The van der Waals surface area contributed by atoms with Gasteiger partial charge in [0.25, 0.3) is 5.91 Å². The van der Waals surface area contributed by atoms with Crippen LogP contribution in [-0.2, 0) is 0 Å². The first-order chi connectivity index (χ1) is 13.0. The van der Waals surface area contributed by atoms with Gasteiger partial charge in [0.2, 0.25) is 0 Å². The lowest BCUT2D eigenvalue weighted by Gasteiger charge is -2.35. The summed E-state index contributed by atoms with van der Waals surface area (Å²) in [5.41, 5.74) is 0.774. The molecular formula is C19H17BrN4O3. The number of rotatable bonds is 2. The van der Waals surface area contributed by atoms with Crippen molar-refractivity contribution < 1.29 is 9.21 Å². The highest BCUT2D eigenvalue weighted by molar-refractivity contribution is 9.10. The highest BCUT2D eigenvalue weighted by Gasteiger charge is 2.25. The van der Waals surface area contributed by atoms with Crippen LogP contribution in [0.2, 0.25) is 0 Å². The molecule has 2 aromatic heterocycles. The molecule has 0 N–H and O–H groups in total. The van der Waals surface area contributed by atoms with Crippen LogP contribution in [0.4, 0.5) is 5.82 Å². The van der Waals surface area contributed by atoms with Gasteiger partial charge in [-0.2, -0.15) is 5.10 Å². The van der Waals surface area contributed by atoms with Crippen molar-refractivity contribution in [2.24, 2.45) is 0 Å². The fourth-order valence-electron chi connectivity index (χ4n) is 3.11. The van der Waals surface area contributed by atoms with Crippen LogP contribution in [0, 0.1) is 6.92 Å². The zero-order chi connectivity index (χ0) is 19.0. The van der Waals surface area contributed by atoms with E-state index in [1.165, 1.54) is 0 Å². The largest absolute Gasteiger partial charge is 0.422 e. The van der Waals surface area contributed by atoms with E-state index in [1.54, 1.807) is 23.1 Å². The maximum absolute atomic E-state index is 12.8. The van der Waals surface area contributed by atoms with E-state index in [-0.39, 0.29) is 11.5 Å². The van der Waals surface area contributed by atoms with Gasteiger partial charge in [0.15, 0.2) is 5.82 Å². The summed E-state index contributed by atoms with van der Waals surface area (Å²) in [4.78, 5) is 28.9. The quantitative estimate of drug-likeness (QED) is 0.583. The molecule has 1 fully saturated rings. The van der Waals surface area contributed by atoms with Crippen LogP contribution in [0.5, 0.6) is 0 Å². The summed E-state index contributed by atoms with van der Waals surface area (Å²) in [7, 11) is 0. The molecule has 4 rings (SSSR count). The number of nitrogens with zero attached hydrogens (tertiary/aromatic N) is 4. The second-order valence-electron chi connectivity index (χ2n) is 6.44. The highest BCUT2D eigenvalue weighted by atomic mass is 79.9. The minimum Gasteiger partial charge on any atom is -0.422 e. The van der Waals surface area contributed by atoms with E-state index in [9.17, 15) is 9.59 Å². The first-order valence-corrected chi connectivity index (χ1v) is 9.38. The Bertz CT molecular complexity index is 1060. The van der Waals surface area contributed by atoms with E-state index in [4.69, 9.17) is 4.42 Å². The second-order valence-corrected chi connectivity index (χ2v) is 7.36. The fraction of sp³-hybridized carbons (Fsp3) is 0.263. The Hall–Kier alpha value is -2.74. The van der Waals surface area contributed by atoms with E-state index in [0.29, 0.717) is 37.1 Å². The van der Waals surface area contributed by atoms with Gasteiger partial charge in [0, 0.05) is 36.0 Å². The van der Waals surface area contributed by atoms with Crippen molar-refractivity contribution in [2.45, 2.75) is 6.92 Å². The number of anilines is 1. The minimum atomic E-state index is -0.610. The Kier molecular flexibility index (Phi) is 4.65. The van der Waals surface area contributed by atoms with Crippen LogP contribution in [0.3, 0.4) is 0 Å². The van der Waals surface area contributed by atoms with E-state index >= 15 is 0 Å². The Balaban J connectivity index is 1.52. The van der Waals surface area contributed by atoms with E-state index < -0.39 is 5.63 Å². The van der Waals surface area contributed by atoms with Crippen molar-refractivity contribution in [2.75, 3.05) is 31.1 Å². The topological polar surface area (TPSA) is 79.5 Å². The molecular weight excluding hydrogens is 412 g/mol. The lowest BCUT2D eigenvalue weighted by Crippen LogP contribution is -2.49. The Morgan fingerprint density at radius 1 is 1.07 bits per heavy atom. The third-order valence-corrected chi connectivity index (χ3v) is 5.09. The van der Waals surface area contributed by atoms with Gasteiger partial charge in [0.05, 0.1) is 5.69 Å². The number of benzene rings is 1. The zero-order valence-electron chi connectivity index (χ0n) is 14.7. The summed E-state index contributed by atoms with van der Waals surface area (Å²) < 4.78 is 6.17. The molecule has 1 aliphatic heterocycles. The number of aromatic nitrogens is 2. The molecule has 0 aliphatic carbocycles. The second kappa shape index (κ2) is 7.11. The van der Waals surface area contributed by atoms with E-state index in [2.05, 4.69) is 31.0 Å². The standard InChI is InChI=1S/C19H17BrN4O3/c1-12-2-5-17(22-21-12)23-6-8-24(9-7-23)18(25)15-11-13-10-14(20)3-4-16(13)27-19(15)26/h2-5,10-11H,6-9H2,1H3. The number of carbonyl (C=O) groups excluding carboxylic acids is 1. The lowest BCUT2D eigenvalue weighted by atomic mass is 10.1. The molecule has 1 aromatic carbocycles. The first kappa shape index (κ1) is 17.7. The summed E-state index contributed by atoms with van der Waals surface area (Å²) in [6, 6.07) is 10.8. The minimum absolute atomic E-state index is 0.0594. The van der Waals surface area contributed by atoms with Crippen molar-refractivity contribution >= 4 is 38.6 Å². The van der Waals surface area contributed by atoms with Gasteiger partial charge in [-0.15, -0.1) is 5.10 Å². The molecule has 0 radical (unpaired) electrons. The summed E-state index contributed by atoms with van der Waals surface area (Å²) in [6.45, 7) is 4.16. The smallest absolute Gasteiger partial charge is 0.349 e. The molecule has 0 spiro atoms. The first-order valence-electron chi connectivity index (χ1n) is 8.59. The van der Waals surface area contributed by atoms with E-state index in [0.717, 1.165) is 16.0 Å².